The molecule has 0 radical (unpaired) electrons. The van der Waals surface area contributed by atoms with E-state index in [1.807, 2.05) is 24.5 Å². The SMILES string of the molecule is Cn1cccn1.O=NC(=O)C1=C(C(F)(F)F)C=CNC1. The number of hydrogen-bond acceptors (Lipinski definition) is 4. The van der Waals surface area contributed by atoms with Gasteiger partial charge in [-0.25, -0.2) is 0 Å². The van der Waals surface area contributed by atoms with Gasteiger partial charge in [0.1, 0.15) is 0 Å². The van der Waals surface area contributed by atoms with E-state index in [-0.39, 0.29) is 6.54 Å². The van der Waals surface area contributed by atoms with Crippen LogP contribution in [0, 0.1) is 4.91 Å². The third-order valence-electron chi connectivity index (χ3n) is 2.25. The predicted molar refractivity (Wildman–Crippen MR) is 64.2 cm³/mol. The molecule has 0 bridgehead atoms. The molecule has 1 aromatic rings. The summed E-state index contributed by atoms with van der Waals surface area (Å²) in [5, 5.41) is 8.18. The fraction of sp³-hybridized carbons (Fsp3) is 0.273. The lowest BCUT2D eigenvalue weighted by molar-refractivity contribution is -0.116. The van der Waals surface area contributed by atoms with Crippen molar-refractivity contribution >= 4 is 5.91 Å². The van der Waals surface area contributed by atoms with Gasteiger partial charge < -0.3 is 5.32 Å². The minimum absolute atomic E-state index is 0.337. The summed E-state index contributed by atoms with van der Waals surface area (Å²) < 4.78 is 38.5. The molecular weight excluding hydrogens is 277 g/mol. The van der Waals surface area contributed by atoms with Crippen LogP contribution in [0.1, 0.15) is 0 Å². The van der Waals surface area contributed by atoms with Crippen molar-refractivity contribution in [2.45, 2.75) is 6.18 Å². The van der Waals surface area contributed by atoms with Gasteiger partial charge in [-0.05, 0) is 18.3 Å². The average molecular weight is 288 g/mol. The van der Waals surface area contributed by atoms with Gasteiger partial charge in [0.2, 0.25) is 0 Å². The van der Waals surface area contributed by atoms with E-state index < -0.39 is 23.2 Å². The first-order chi connectivity index (χ1) is 9.36. The Labute approximate surface area is 111 Å². The molecule has 0 aliphatic carbocycles. The minimum Gasteiger partial charge on any atom is -0.387 e. The van der Waals surface area contributed by atoms with Crippen LogP contribution in [0.5, 0.6) is 0 Å². The number of carbonyl (C=O) groups excluding carboxylic acids is 1. The van der Waals surface area contributed by atoms with Gasteiger partial charge in [0.25, 0.3) is 0 Å². The van der Waals surface area contributed by atoms with Crippen molar-refractivity contribution in [3.05, 3.63) is 46.8 Å². The maximum atomic E-state index is 12.3. The van der Waals surface area contributed by atoms with Gasteiger partial charge in [0.05, 0.1) is 11.1 Å². The highest BCUT2D eigenvalue weighted by molar-refractivity contribution is 5.96. The van der Waals surface area contributed by atoms with E-state index in [1.54, 1.807) is 10.9 Å². The maximum absolute atomic E-state index is 12.3. The van der Waals surface area contributed by atoms with Gasteiger partial charge in [0.15, 0.2) is 0 Å². The number of nitrogens with zero attached hydrogens (tertiary/aromatic N) is 3. The third kappa shape index (κ3) is 4.34. The topological polar surface area (TPSA) is 76.3 Å². The van der Waals surface area contributed by atoms with Crippen molar-refractivity contribution in [3.63, 3.8) is 0 Å². The number of aryl methyl sites for hydroxylation is 1. The first-order valence-corrected chi connectivity index (χ1v) is 5.38. The Morgan fingerprint density at radius 3 is 2.60 bits per heavy atom. The lowest BCUT2D eigenvalue weighted by atomic mass is 10.1. The molecule has 0 spiro atoms. The summed E-state index contributed by atoms with van der Waals surface area (Å²) in [6.45, 7) is -0.337. The summed E-state index contributed by atoms with van der Waals surface area (Å²) in [5.74, 6) is -1.39. The number of nitroso groups, excluding NO2 is 1. The number of rotatable bonds is 1. The van der Waals surface area contributed by atoms with Gasteiger partial charge in [-0.3, -0.25) is 9.48 Å². The molecule has 1 amide bonds. The fourth-order valence-corrected chi connectivity index (χ4v) is 1.36. The van der Waals surface area contributed by atoms with Gasteiger partial charge >= 0.3 is 12.1 Å². The average Bonchev–Trinajstić information content (AvgIpc) is 2.89. The second-order valence-corrected chi connectivity index (χ2v) is 3.68. The number of nitrogens with one attached hydrogen (secondary N) is 1. The van der Waals surface area contributed by atoms with E-state index >= 15 is 0 Å². The summed E-state index contributed by atoms with van der Waals surface area (Å²) >= 11 is 0. The zero-order valence-electron chi connectivity index (χ0n) is 10.4. The Morgan fingerprint density at radius 2 is 2.20 bits per heavy atom. The number of halogens is 3. The van der Waals surface area contributed by atoms with E-state index in [0.29, 0.717) is 6.08 Å². The molecule has 9 heteroatoms. The Hall–Kier alpha value is -2.45. The third-order valence-corrected chi connectivity index (χ3v) is 2.25. The summed E-state index contributed by atoms with van der Waals surface area (Å²) in [7, 11) is 1.89. The van der Waals surface area contributed by atoms with Gasteiger partial charge in [-0.2, -0.15) is 18.3 Å². The van der Waals surface area contributed by atoms with Gasteiger partial charge in [0, 0.05) is 31.2 Å². The number of aromatic nitrogens is 2. The van der Waals surface area contributed by atoms with Crippen molar-refractivity contribution in [1.29, 1.82) is 0 Å². The molecule has 0 fully saturated rings. The van der Waals surface area contributed by atoms with Crippen LogP contribution in [0.3, 0.4) is 0 Å². The zero-order chi connectivity index (χ0) is 15.2. The molecule has 6 nitrogen and oxygen atoms in total. The van der Waals surface area contributed by atoms with Gasteiger partial charge in [-0.15, -0.1) is 4.91 Å². The number of carbonyl (C=O) groups is 1. The number of hydrogen-bond donors (Lipinski definition) is 1. The lowest BCUT2D eigenvalue weighted by Gasteiger charge is -2.16. The van der Waals surface area contributed by atoms with E-state index in [9.17, 15) is 22.9 Å². The van der Waals surface area contributed by atoms with Crippen LogP contribution in [0.25, 0.3) is 0 Å². The molecule has 1 N–H and O–H groups in total. The molecule has 2 rings (SSSR count). The predicted octanol–water partition coefficient (Wildman–Crippen LogP) is 1.68. The molecule has 108 valence electrons. The maximum Gasteiger partial charge on any atom is 0.416 e. The summed E-state index contributed by atoms with van der Waals surface area (Å²) in [6.07, 6.45) is 0.751. The van der Waals surface area contributed by atoms with Crippen molar-refractivity contribution in [2.24, 2.45) is 12.2 Å². The standard InChI is InChI=1S/C7H5F3N2O2.C4H6N2/c8-7(9,10)5-1-2-11-3-4(5)6(13)12-14;1-6-4-2-3-5-6/h1-2,11H,3H2;2-4H,1H3. The second kappa shape index (κ2) is 6.64. The van der Waals surface area contributed by atoms with Crippen LogP contribution >= 0.6 is 0 Å². The summed E-state index contributed by atoms with van der Waals surface area (Å²) in [4.78, 5) is 20.5. The highest BCUT2D eigenvalue weighted by Gasteiger charge is 2.37. The highest BCUT2D eigenvalue weighted by Crippen LogP contribution is 2.30. The molecule has 0 saturated heterocycles. The molecule has 0 saturated carbocycles. The van der Waals surface area contributed by atoms with E-state index in [4.69, 9.17) is 0 Å². The van der Waals surface area contributed by atoms with Crippen LogP contribution in [0.4, 0.5) is 13.2 Å². The smallest absolute Gasteiger partial charge is 0.387 e. The molecule has 1 aliphatic rings. The molecule has 0 unspecified atom stereocenters. The van der Waals surface area contributed by atoms with Crippen LogP contribution in [0.2, 0.25) is 0 Å². The first kappa shape index (κ1) is 15.6. The van der Waals surface area contributed by atoms with Gasteiger partial charge in [-0.1, -0.05) is 0 Å². The van der Waals surface area contributed by atoms with E-state index in [2.05, 4.69) is 10.4 Å². The normalized spacial score (nSPS) is 14.2. The van der Waals surface area contributed by atoms with Crippen LogP contribution in [0.15, 0.2) is 47.1 Å². The van der Waals surface area contributed by atoms with Crippen molar-refractivity contribution in [3.8, 4) is 0 Å². The van der Waals surface area contributed by atoms with E-state index in [1.165, 1.54) is 0 Å². The fourth-order valence-electron chi connectivity index (χ4n) is 1.36. The molecule has 20 heavy (non-hydrogen) atoms. The monoisotopic (exact) mass is 288 g/mol. The second-order valence-electron chi connectivity index (χ2n) is 3.68. The number of alkyl halides is 3. The van der Waals surface area contributed by atoms with Crippen molar-refractivity contribution < 1.29 is 18.0 Å². The Kier molecular flexibility index (Phi) is 5.18. The summed E-state index contributed by atoms with van der Waals surface area (Å²) in [5.41, 5.74) is -1.78. The highest BCUT2D eigenvalue weighted by atomic mass is 19.4. The number of dihydropyridines is 1. The number of allylic oxidation sites excluding steroid dienone is 2. The molecule has 0 aromatic carbocycles. The van der Waals surface area contributed by atoms with Crippen LogP contribution in [-0.4, -0.2) is 28.4 Å². The lowest BCUT2D eigenvalue weighted by Crippen LogP contribution is -2.26. The molecule has 1 aliphatic heterocycles. The minimum atomic E-state index is -4.64. The van der Waals surface area contributed by atoms with Crippen molar-refractivity contribution in [1.82, 2.24) is 15.1 Å². The zero-order valence-corrected chi connectivity index (χ0v) is 10.4. The molecular formula is C11H11F3N4O2. The molecule has 2 heterocycles. The summed E-state index contributed by atoms with van der Waals surface area (Å²) in [6, 6.07) is 1.89. The Bertz CT molecular complexity index is 532. The largest absolute Gasteiger partial charge is 0.416 e. The molecule has 1 aromatic heterocycles. The van der Waals surface area contributed by atoms with Crippen LogP contribution < -0.4 is 5.32 Å². The van der Waals surface area contributed by atoms with Crippen molar-refractivity contribution in [2.75, 3.05) is 6.54 Å². The molecule has 0 atom stereocenters. The van der Waals surface area contributed by atoms with E-state index in [0.717, 1.165) is 6.20 Å². The quantitative estimate of drug-likeness (QED) is 0.798. The van der Waals surface area contributed by atoms with Crippen LogP contribution in [-0.2, 0) is 11.8 Å². The first-order valence-electron chi connectivity index (χ1n) is 5.38. The number of amides is 1. The Balaban J connectivity index is 0.000000276. The Morgan fingerprint density at radius 1 is 1.50 bits per heavy atom.